The Labute approximate surface area is 251 Å². The van der Waals surface area contributed by atoms with Crippen molar-refractivity contribution in [1.82, 2.24) is 4.98 Å². The highest BCUT2D eigenvalue weighted by Gasteiger charge is 2.20. The van der Waals surface area contributed by atoms with Crippen LogP contribution in [0.25, 0.3) is 33.5 Å². The van der Waals surface area contributed by atoms with Gasteiger partial charge in [-0.2, -0.15) is 0 Å². The summed E-state index contributed by atoms with van der Waals surface area (Å²) in [6.07, 6.45) is 4.59. The number of carbonyl (C=O) groups excluding carboxylic acids is 1. The van der Waals surface area contributed by atoms with Crippen molar-refractivity contribution in [3.8, 4) is 11.5 Å². The lowest BCUT2D eigenvalue weighted by Gasteiger charge is -2.30. The van der Waals surface area contributed by atoms with Gasteiger partial charge in [0, 0.05) is 34.8 Å². The first kappa shape index (κ1) is 29.7. The van der Waals surface area contributed by atoms with E-state index in [4.69, 9.17) is 13.6 Å². The maximum atomic E-state index is 13.2. The molecule has 0 N–H and O–H groups in total. The number of fused-ring (bicyclic) bond motifs is 2. The summed E-state index contributed by atoms with van der Waals surface area (Å²) in [5, 5.41) is 0.760. The Bertz CT molecular complexity index is 1830. The van der Waals surface area contributed by atoms with Crippen LogP contribution in [0.15, 0.2) is 80.4 Å². The molecule has 0 aliphatic carbocycles. The molecule has 0 spiro atoms. The van der Waals surface area contributed by atoms with Gasteiger partial charge in [0.25, 0.3) is 0 Å². The third kappa shape index (κ3) is 6.65. The molecule has 0 saturated heterocycles. The Morgan fingerprint density at radius 1 is 1.09 bits per heavy atom. The predicted molar refractivity (Wildman–Crippen MR) is 169 cm³/mol. The average molecular weight is 577 g/mol. The van der Waals surface area contributed by atoms with Gasteiger partial charge in [-0.15, -0.1) is 0 Å². The molecule has 5 aromatic rings. The standard InChI is InChI=1S/C36H36N2O5/c1-6-8-12-25(7-2)21-38(31-13-10-9-11-24(31)5)28-16-15-27-19-29(36(40)43-33(27)20-28)34-37-30-18-26(14-17-32(30)42-34)22-41-35(39)23(3)4/h10,13-20,25H,3,6-8,12,21-22H2,1-2,4-5H3. The number of aromatic nitrogens is 1. The van der Waals surface area contributed by atoms with Crippen molar-refractivity contribution in [2.75, 3.05) is 11.4 Å². The summed E-state index contributed by atoms with van der Waals surface area (Å²) in [4.78, 5) is 31.8. The number of benzene rings is 2. The minimum absolute atomic E-state index is 0.0810. The highest BCUT2D eigenvalue weighted by molar-refractivity contribution is 5.87. The molecule has 3 aromatic carbocycles. The number of ether oxygens (including phenoxy) is 1. The molecule has 43 heavy (non-hydrogen) atoms. The second kappa shape index (κ2) is 13.0. The number of rotatable bonds is 12. The van der Waals surface area contributed by atoms with E-state index in [0.717, 1.165) is 47.3 Å². The molecule has 5 rings (SSSR count). The summed E-state index contributed by atoms with van der Waals surface area (Å²) in [6, 6.07) is 23.2. The van der Waals surface area contributed by atoms with Crippen LogP contribution in [-0.2, 0) is 16.1 Å². The zero-order valence-corrected chi connectivity index (χ0v) is 25.2. The number of nitrogens with zero attached hydrogens (tertiary/aromatic N) is 2. The molecule has 7 heteroatoms. The SMILES string of the molecule is C=C(C)C(=O)OCc1ccc2oc(-c3cc4ccc(N(CC(CC)CCCC)c5ccc#cc5C)cc4oc3=O)nc2c1. The maximum Gasteiger partial charge on any atom is 0.349 e. The maximum absolute atomic E-state index is 13.2. The van der Waals surface area contributed by atoms with Crippen LogP contribution in [0.1, 0.15) is 57.6 Å². The number of esters is 1. The second-order valence-corrected chi connectivity index (χ2v) is 11.0. The van der Waals surface area contributed by atoms with E-state index in [9.17, 15) is 9.59 Å². The van der Waals surface area contributed by atoms with Crippen LogP contribution >= 0.6 is 0 Å². The number of carbonyl (C=O) groups is 1. The fourth-order valence-corrected chi connectivity index (χ4v) is 5.14. The van der Waals surface area contributed by atoms with E-state index in [1.807, 2.05) is 25.1 Å². The first-order valence-corrected chi connectivity index (χ1v) is 14.7. The van der Waals surface area contributed by atoms with Crippen LogP contribution in [-0.4, -0.2) is 17.5 Å². The number of oxazole rings is 1. The highest BCUT2D eigenvalue weighted by Crippen LogP contribution is 2.33. The Hall–Kier alpha value is -4.83. The van der Waals surface area contributed by atoms with Crippen molar-refractivity contribution in [3.05, 3.63) is 100 Å². The topological polar surface area (TPSA) is 85.8 Å². The van der Waals surface area contributed by atoms with Gasteiger partial charge in [-0.3, -0.25) is 0 Å². The molecule has 7 nitrogen and oxygen atoms in total. The minimum Gasteiger partial charge on any atom is -0.457 e. The summed E-state index contributed by atoms with van der Waals surface area (Å²) in [7, 11) is 0. The molecule has 1 atom stereocenters. The van der Waals surface area contributed by atoms with Crippen molar-refractivity contribution < 1.29 is 18.4 Å². The number of hydrogen-bond acceptors (Lipinski definition) is 7. The minimum atomic E-state index is -0.536. The lowest BCUT2D eigenvalue weighted by atomic mass is 9.97. The van der Waals surface area contributed by atoms with Crippen molar-refractivity contribution in [2.45, 2.75) is 60.0 Å². The van der Waals surface area contributed by atoms with Gasteiger partial charge in [-0.1, -0.05) is 57.9 Å². The molecule has 0 amide bonds. The summed E-state index contributed by atoms with van der Waals surface area (Å²) in [6.45, 7) is 12.6. The monoisotopic (exact) mass is 576 g/mol. The normalized spacial score (nSPS) is 11.8. The summed E-state index contributed by atoms with van der Waals surface area (Å²) in [5.41, 5.74) is 5.34. The van der Waals surface area contributed by atoms with E-state index in [1.54, 1.807) is 31.2 Å². The number of anilines is 2. The van der Waals surface area contributed by atoms with E-state index < -0.39 is 11.6 Å². The van der Waals surface area contributed by atoms with E-state index >= 15 is 0 Å². The summed E-state index contributed by atoms with van der Waals surface area (Å²) < 4.78 is 17.0. The predicted octanol–water partition coefficient (Wildman–Crippen LogP) is 8.48. The largest absolute Gasteiger partial charge is 0.457 e. The quantitative estimate of drug-likeness (QED) is 0.0836. The molecule has 0 fully saturated rings. The van der Waals surface area contributed by atoms with Crippen LogP contribution in [0.5, 0.6) is 0 Å². The van der Waals surface area contributed by atoms with Crippen LogP contribution in [0, 0.1) is 25.0 Å². The Morgan fingerprint density at radius 2 is 1.93 bits per heavy atom. The third-order valence-corrected chi connectivity index (χ3v) is 7.68. The molecule has 220 valence electrons. The molecule has 1 unspecified atom stereocenters. The third-order valence-electron chi connectivity index (χ3n) is 7.68. The van der Waals surface area contributed by atoms with Crippen LogP contribution in [0.2, 0.25) is 0 Å². The molecule has 0 bridgehead atoms. The van der Waals surface area contributed by atoms with Gasteiger partial charge >= 0.3 is 11.6 Å². The molecule has 2 aromatic heterocycles. The fourth-order valence-electron chi connectivity index (χ4n) is 5.14. The van der Waals surface area contributed by atoms with Crippen molar-refractivity contribution in [2.24, 2.45) is 5.92 Å². The number of hydrogen-bond donors (Lipinski definition) is 0. The number of unbranched alkanes of at least 4 members (excludes halogenated alkanes) is 1. The van der Waals surface area contributed by atoms with Crippen LogP contribution < -0.4 is 10.5 Å². The highest BCUT2D eigenvalue weighted by atomic mass is 16.5. The molecular formula is C36H36N2O5. The average Bonchev–Trinajstić information content (AvgIpc) is 3.43. The van der Waals surface area contributed by atoms with E-state index in [2.05, 4.69) is 54.6 Å². The molecule has 0 saturated carbocycles. The first-order chi connectivity index (χ1) is 20.8. The van der Waals surface area contributed by atoms with E-state index in [0.29, 0.717) is 28.2 Å². The molecule has 0 aliphatic heterocycles. The van der Waals surface area contributed by atoms with E-state index in [1.165, 1.54) is 12.8 Å². The van der Waals surface area contributed by atoms with Gasteiger partial charge in [0.2, 0.25) is 5.89 Å². The smallest absolute Gasteiger partial charge is 0.349 e. The molecule has 2 heterocycles. The fraction of sp³-hybridized carbons (Fsp3) is 0.306. The molecule has 0 aliphatic rings. The Morgan fingerprint density at radius 3 is 2.67 bits per heavy atom. The van der Waals surface area contributed by atoms with Gasteiger partial charge in [-0.25, -0.2) is 14.6 Å². The zero-order valence-electron chi connectivity index (χ0n) is 25.2. The Kier molecular flexibility index (Phi) is 8.96. The lowest BCUT2D eigenvalue weighted by Crippen LogP contribution is -2.25. The first-order valence-electron chi connectivity index (χ1n) is 14.7. The summed E-state index contributed by atoms with van der Waals surface area (Å²) >= 11 is 0. The van der Waals surface area contributed by atoms with Gasteiger partial charge in [-0.05, 0) is 74.2 Å². The van der Waals surface area contributed by atoms with Crippen molar-refractivity contribution in [3.63, 3.8) is 0 Å². The molecule has 0 radical (unpaired) electrons. The van der Waals surface area contributed by atoms with Gasteiger partial charge < -0.3 is 18.5 Å². The molecular weight excluding hydrogens is 540 g/mol. The second-order valence-electron chi connectivity index (χ2n) is 11.0. The zero-order chi connectivity index (χ0) is 30.5. The lowest BCUT2D eigenvalue weighted by molar-refractivity contribution is -0.140. The summed E-state index contributed by atoms with van der Waals surface area (Å²) in [5.74, 6) is 0.227. The van der Waals surface area contributed by atoms with Crippen molar-refractivity contribution in [1.29, 1.82) is 0 Å². The van der Waals surface area contributed by atoms with Crippen LogP contribution in [0.3, 0.4) is 0 Å². The van der Waals surface area contributed by atoms with E-state index in [-0.39, 0.29) is 18.1 Å². The van der Waals surface area contributed by atoms with Gasteiger partial charge in [0.05, 0.1) is 5.69 Å². The van der Waals surface area contributed by atoms with Gasteiger partial charge in [0.1, 0.15) is 23.3 Å². The van der Waals surface area contributed by atoms with Crippen molar-refractivity contribution >= 4 is 39.4 Å². The Balaban J connectivity index is 1.47. The van der Waals surface area contributed by atoms with Crippen LogP contribution in [0.4, 0.5) is 11.4 Å². The van der Waals surface area contributed by atoms with Gasteiger partial charge in [0.15, 0.2) is 5.58 Å².